The van der Waals surface area contributed by atoms with Gasteiger partial charge >= 0.3 is 0 Å². The van der Waals surface area contributed by atoms with Gasteiger partial charge in [0.05, 0.1) is 23.9 Å². The second-order valence-electron chi connectivity index (χ2n) is 10.5. The Morgan fingerprint density at radius 3 is 2.38 bits per heavy atom. The van der Waals surface area contributed by atoms with Gasteiger partial charge in [0.15, 0.2) is 5.11 Å². The minimum absolute atomic E-state index is 0.0897. The zero-order valence-corrected chi connectivity index (χ0v) is 24.1. The van der Waals surface area contributed by atoms with Crippen LogP contribution in [0.15, 0.2) is 72.9 Å². The SMILES string of the molecule is Cc1c([C@@H]2[C@@H](c3ccccn3)NC(=S)N2c2ccc(OC3CCCC3)cc2)c(C)n(-c2cccc(Cl)c2)c1C. The Bertz CT molecular complexity index is 1490. The summed E-state index contributed by atoms with van der Waals surface area (Å²) in [6.45, 7) is 6.55. The molecule has 2 atom stereocenters. The monoisotopic (exact) mass is 556 g/mol. The Morgan fingerprint density at radius 1 is 0.923 bits per heavy atom. The number of aromatic nitrogens is 2. The van der Waals surface area contributed by atoms with E-state index < -0.39 is 0 Å². The van der Waals surface area contributed by atoms with E-state index in [1.807, 2.05) is 36.5 Å². The third-order valence-corrected chi connectivity index (χ3v) is 8.74. The summed E-state index contributed by atoms with van der Waals surface area (Å²) in [6.07, 6.45) is 6.94. The van der Waals surface area contributed by atoms with Gasteiger partial charge in [0.25, 0.3) is 0 Å². The van der Waals surface area contributed by atoms with E-state index in [-0.39, 0.29) is 12.1 Å². The molecule has 6 rings (SSSR count). The number of nitrogens with zero attached hydrogens (tertiary/aromatic N) is 3. The molecule has 200 valence electrons. The van der Waals surface area contributed by atoms with Crippen LogP contribution in [0.2, 0.25) is 5.02 Å². The van der Waals surface area contributed by atoms with Crippen LogP contribution < -0.4 is 15.0 Å². The molecule has 3 heterocycles. The van der Waals surface area contributed by atoms with Crippen molar-refractivity contribution in [2.45, 2.75) is 64.6 Å². The summed E-state index contributed by atoms with van der Waals surface area (Å²) in [5.74, 6) is 0.914. The predicted molar refractivity (Wildman–Crippen MR) is 162 cm³/mol. The Kier molecular flexibility index (Phi) is 7.08. The number of nitrogens with one attached hydrogen (secondary N) is 1. The molecule has 7 heteroatoms. The summed E-state index contributed by atoms with van der Waals surface area (Å²) >= 11 is 12.4. The van der Waals surface area contributed by atoms with Gasteiger partial charge in [-0.1, -0.05) is 23.7 Å². The maximum absolute atomic E-state index is 6.40. The van der Waals surface area contributed by atoms with Crippen LogP contribution in [0.25, 0.3) is 5.69 Å². The number of anilines is 1. The third-order valence-electron chi connectivity index (χ3n) is 8.19. The molecule has 2 fully saturated rings. The first-order chi connectivity index (χ1) is 18.9. The van der Waals surface area contributed by atoms with Crippen molar-refractivity contribution in [1.29, 1.82) is 0 Å². The van der Waals surface area contributed by atoms with Gasteiger partial charge in [0, 0.05) is 39.5 Å². The van der Waals surface area contributed by atoms with Crippen LogP contribution in [0.5, 0.6) is 5.75 Å². The van der Waals surface area contributed by atoms with E-state index >= 15 is 0 Å². The Balaban J connectivity index is 1.45. The van der Waals surface area contributed by atoms with Crippen LogP contribution in [0.4, 0.5) is 5.69 Å². The molecule has 0 radical (unpaired) electrons. The fourth-order valence-corrected chi connectivity index (χ4v) is 6.78. The zero-order chi connectivity index (χ0) is 27.1. The normalized spacial score (nSPS) is 19.5. The number of pyridine rings is 1. The molecule has 0 amide bonds. The highest BCUT2D eigenvalue weighted by Gasteiger charge is 2.43. The van der Waals surface area contributed by atoms with Crippen LogP contribution >= 0.6 is 23.8 Å². The maximum atomic E-state index is 6.40. The van der Waals surface area contributed by atoms with E-state index in [1.54, 1.807) is 0 Å². The topological polar surface area (TPSA) is 42.3 Å². The second-order valence-corrected chi connectivity index (χ2v) is 11.4. The van der Waals surface area contributed by atoms with Gasteiger partial charge in [-0.05, 0) is 119 Å². The molecule has 0 unspecified atom stereocenters. The quantitative estimate of drug-likeness (QED) is 0.244. The predicted octanol–water partition coefficient (Wildman–Crippen LogP) is 7.95. The minimum atomic E-state index is -0.111. The van der Waals surface area contributed by atoms with E-state index in [0.717, 1.165) is 46.4 Å². The van der Waals surface area contributed by atoms with Gasteiger partial charge in [-0.25, -0.2) is 0 Å². The second kappa shape index (κ2) is 10.7. The average molecular weight is 557 g/mol. The van der Waals surface area contributed by atoms with E-state index in [9.17, 15) is 0 Å². The smallest absolute Gasteiger partial charge is 0.174 e. The number of hydrogen-bond donors (Lipinski definition) is 1. The van der Waals surface area contributed by atoms with Crippen molar-refractivity contribution in [2.24, 2.45) is 0 Å². The van der Waals surface area contributed by atoms with Crippen molar-refractivity contribution < 1.29 is 4.74 Å². The van der Waals surface area contributed by atoms with Crippen molar-refractivity contribution in [2.75, 3.05) is 4.90 Å². The van der Waals surface area contributed by atoms with E-state index in [2.05, 4.69) is 72.0 Å². The van der Waals surface area contributed by atoms with Gasteiger partial charge in [0.2, 0.25) is 0 Å². The summed E-state index contributed by atoms with van der Waals surface area (Å²) in [4.78, 5) is 6.98. The van der Waals surface area contributed by atoms with Gasteiger partial charge < -0.3 is 19.5 Å². The summed E-state index contributed by atoms with van der Waals surface area (Å²) < 4.78 is 8.54. The lowest BCUT2D eigenvalue weighted by Gasteiger charge is -2.29. The number of rotatable bonds is 6. The number of halogens is 1. The standard InChI is InChI=1S/C32H33ClN4OS/c1-20-21(2)36(25-10-8-9-23(33)19-25)22(3)29(20)31-30(28-13-6-7-18-34-28)35-32(39)37(31)24-14-16-27(17-15-24)38-26-11-4-5-12-26/h6-10,13-19,26,30-31H,4-5,11-12H2,1-3H3,(H,35,39)/t30-,31-/m1/s1. The first-order valence-electron chi connectivity index (χ1n) is 13.6. The van der Waals surface area contributed by atoms with Gasteiger partial charge in [0.1, 0.15) is 5.75 Å². The molecule has 0 spiro atoms. The molecular weight excluding hydrogens is 524 g/mol. The maximum Gasteiger partial charge on any atom is 0.174 e. The van der Waals surface area contributed by atoms with Crippen molar-refractivity contribution in [3.63, 3.8) is 0 Å². The summed E-state index contributed by atoms with van der Waals surface area (Å²) in [6, 6.07) is 22.3. The van der Waals surface area contributed by atoms with Crippen LogP contribution in [-0.2, 0) is 0 Å². The van der Waals surface area contributed by atoms with Crippen molar-refractivity contribution in [3.05, 3.63) is 106 Å². The highest BCUT2D eigenvalue weighted by atomic mass is 35.5. The Morgan fingerprint density at radius 2 is 1.69 bits per heavy atom. The molecule has 1 saturated carbocycles. The molecule has 1 saturated heterocycles. The molecular formula is C32H33ClN4OS. The molecule has 4 aromatic rings. The molecule has 39 heavy (non-hydrogen) atoms. The molecule has 0 bridgehead atoms. The summed E-state index contributed by atoms with van der Waals surface area (Å²) in [7, 11) is 0. The van der Waals surface area contributed by atoms with E-state index in [4.69, 9.17) is 33.5 Å². The molecule has 1 aliphatic heterocycles. The fourth-order valence-electron chi connectivity index (χ4n) is 6.25. The Hall–Kier alpha value is -3.35. The first-order valence-corrected chi connectivity index (χ1v) is 14.4. The minimum Gasteiger partial charge on any atom is -0.490 e. The van der Waals surface area contributed by atoms with E-state index in [0.29, 0.717) is 11.2 Å². The van der Waals surface area contributed by atoms with Crippen molar-refractivity contribution in [1.82, 2.24) is 14.9 Å². The lowest BCUT2D eigenvalue weighted by Crippen LogP contribution is -2.29. The molecule has 2 aromatic carbocycles. The number of benzene rings is 2. The molecule has 5 nitrogen and oxygen atoms in total. The number of thiocarbonyl (C=S) groups is 1. The highest BCUT2D eigenvalue weighted by molar-refractivity contribution is 7.80. The van der Waals surface area contributed by atoms with Crippen molar-refractivity contribution >= 4 is 34.6 Å². The van der Waals surface area contributed by atoms with Crippen LogP contribution in [0.1, 0.15) is 66.0 Å². The number of ether oxygens (including phenoxy) is 1. The van der Waals surface area contributed by atoms with Crippen LogP contribution in [0, 0.1) is 20.8 Å². The molecule has 1 N–H and O–H groups in total. The molecule has 1 aliphatic carbocycles. The van der Waals surface area contributed by atoms with E-state index in [1.165, 1.54) is 29.7 Å². The third kappa shape index (κ3) is 4.81. The lowest BCUT2D eigenvalue weighted by atomic mass is 9.93. The summed E-state index contributed by atoms with van der Waals surface area (Å²) in [5.41, 5.74) is 7.85. The molecule has 2 aliphatic rings. The average Bonchev–Trinajstić information content (AvgIpc) is 3.62. The van der Waals surface area contributed by atoms with Crippen LogP contribution in [0.3, 0.4) is 0 Å². The van der Waals surface area contributed by atoms with Crippen molar-refractivity contribution in [3.8, 4) is 11.4 Å². The van der Waals surface area contributed by atoms with Gasteiger partial charge in [-0.3, -0.25) is 4.98 Å². The highest BCUT2D eigenvalue weighted by Crippen LogP contribution is 2.45. The number of hydrogen-bond acceptors (Lipinski definition) is 3. The van der Waals surface area contributed by atoms with Gasteiger partial charge in [-0.2, -0.15) is 0 Å². The lowest BCUT2D eigenvalue weighted by molar-refractivity contribution is 0.210. The largest absolute Gasteiger partial charge is 0.490 e. The first kappa shape index (κ1) is 25.9. The van der Waals surface area contributed by atoms with Crippen LogP contribution in [-0.4, -0.2) is 20.8 Å². The molecule has 2 aromatic heterocycles. The summed E-state index contributed by atoms with van der Waals surface area (Å²) in [5, 5.41) is 5.01. The zero-order valence-electron chi connectivity index (χ0n) is 22.5. The van der Waals surface area contributed by atoms with Gasteiger partial charge in [-0.15, -0.1) is 0 Å². The fraction of sp³-hybridized carbons (Fsp3) is 0.312. The Labute approximate surface area is 240 Å².